The van der Waals surface area contributed by atoms with E-state index in [1.54, 1.807) is 0 Å². The third-order valence-electron chi connectivity index (χ3n) is 10.0. The van der Waals surface area contributed by atoms with Crippen molar-refractivity contribution in [1.29, 1.82) is 0 Å². The molecule has 6 atom stereocenters. The molecule has 5 aliphatic rings. The Balaban J connectivity index is 1.30. The third kappa shape index (κ3) is 6.13. The number of nitrogens with one attached hydrogen (secondary N) is 3. The highest BCUT2D eigenvalue weighted by Gasteiger charge is 2.44. The predicted octanol–water partition coefficient (Wildman–Crippen LogP) is 0.430. The largest absolute Gasteiger partial charge is 0.350 e. The summed E-state index contributed by atoms with van der Waals surface area (Å²) >= 11 is 0. The molecule has 9 nitrogen and oxygen atoms in total. The maximum Gasteiger partial charge on any atom is 0.237 e. The average molecular weight is 522 g/mol. The number of nitrogens with zero attached hydrogens (tertiary/aromatic N) is 2. The number of piperazine rings is 1. The maximum atomic E-state index is 14.7. The fourth-order valence-corrected chi connectivity index (χ4v) is 8.03. The zero-order valence-corrected chi connectivity index (χ0v) is 22.3. The van der Waals surface area contributed by atoms with E-state index in [1.165, 1.54) is 6.42 Å². The first-order valence-electron chi connectivity index (χ1n) is 14.8. The molecule has 10 heteroatoms. The Kier molecular flexibility index (Phi) is 8.70. The molecule has 0 bridgehead atoms. The number of alkyl halides is 1. The van der Waals surface area contributed by atoms with Crippen LogP contribution in [0, 0.1) is 11.3 Å². The lowest BCUT2D eigenvalue weighted by molar-refractivity contribution is -0.139. The minimum atomic E-state index is -0.918. The Morgan fingerprint density at radius 1 is 1.08 bits per heavy atom. The van der Waals surface area contributed by atoms with E-state index in [1.807, 2.05) is 4.90 Å². The number of carbonyl (C=O) groups excluding carboxylic acids is 2. The molecule has 4 heterocycles. The van der Waals surface area contributed by atoms with Gasteiger partial charge in [-0.15, -0.1) is 0 Å². The molecule has 5 fully saturated rings. The summed E-state index contributed by atoms with van der Waals surface area (Å²) in [6.07, 6.45) is 9.23. The zero-order chi connectivity index (χ0) is 26.0. The molecular formula is C27H48FN7O2. The van der Waals surface area contributed by atoms with Crippen molar-refractivity contribution in [2.75, 3.05) is 39.3 Å². The van der Waals surface area contributed by atoms with Crippen LogP contribution in [-0.4, -0.2) is 97.4 Å². The van der Waals surface area contributed by atoms with Gasteiger partial charge < -0.3 is 32.3 Å². The van der Waals surface area contributed by atoms with Crippen LogP contribution in [0.15, 0.2) is 0 Å². The van der Waals surface area contributed by atoms with Crippen molar-refractivity contribution >= 4 is 11.8 Å². The fraction of sp³-hybridized carbons (Fsp3) is 0.926. The van der Waals surface area contributed by atoms with Crippen molar-refractivity contribution in [3.8, 4) is 0 Å². The first kappa shape index (κ1) is 27.2. The zero-order valence-electron chi connectivity index (χ0n) is 22.3. The number of fused-ring (bicyclic) bond motifs is 1. The van der Waals surface area contributed by atoms with Gasteiger partial charge in [0.1, 0.15) is 6.17 Å². The molecule has 4 saturated heterocycles. The lowest BCUT2D eigenvalue weighted by Crippen LogP contribution is -2.67. The van der Waals surface area contributed by atoms with Gasteiger partial charge in [0.15, 0.2) is 0 Å². The van der Waals surface area contributed by atoms with Crippen molar-refractivity contribution in [3.05, 3.63) is 0 Å². The Morgan fingerprint density at radius 2 is 1.89 bits per heavy atom. The van der Waals surface area contributed by atoms with Crippen molar-refractivity contribution in [1.82, 2.24) is 25.8 Å². The van der Waals surface area contributed by atoms with Crippen LogP contribution in [0.2, 0.25) is 0 Å². The monoisotopic (exact) mass is 521 g/mol. The molecule has 1 spiro atoms. The van der Waals surface area contributed by atoms with Gasteiger partial charge in [-0.05, 0) is 63.3 Å². The molecule has 0 aromatic carbocycles. The molecule has 1 saturated carbocycles. The number of hydrogen-bond acceptors (Lipinski definition) is 7. The number of amides is 2. The number of hydrogen-bond donors (Lipinski definition) is 5. The molecule has 4 aliphatic heterocycles. The highest BCUT2D eigenvalue weighted by atomic mass is 19.1. The summed E-state index contributed by atoms with van der Waals surface area (Å²) < 4.78 is 14.7. The van der Waals surface area contributed by atoms with Gasteiger partial charge >= 0.3 is 0 Å². The summed E-state index contributed by atoms with van der Waals surface area (Å²) in [6.45, 7) is 3.90. The predicted molar refractivity (Wildman–Crippen MR) is 141 cm³/mol. The van der Waals surface area contributed by atoms with Gasteiger partial charge in [0.05, 0.1) is 24.7 Å². The van der Waals surface area contributed by atoms with E-state index in [-0.39, 0.29) is 47.9 Å². The molecule has 6 unspecified atom stereocenters. The summed E-state index contributed by atoms with van der Waals surface area (Å²) in [5.41, 5.74) is 12.6. The number of rotatable bonds is 5. The van der Waals surface area contributed by atoms with Crippen molar-refractivity contribution in [2.45, 2.75) is 107 Å². The Hall–Kier alpha value is -1.33. The van der Waals surface area contributed by atoms with E-state index >= 15 is 0 Å². The van der Waals surface area contributed by atoms with Gasteiger partial charge in [0.25, 0.3) is 0 Å². The number of piperidine rings is 1. The van der Waals surface area contributed by atoms with Crippen LogP contribution < -0.4 is 27.4 Å². The first-order chi connectivity index (χ1) is 17.8. The summed E-state index contributed by atoms with van der Waals surface area (Å²) in [4.78, 5) is 31.0. The second-order valence-electron chi connectivity index (χ2n) is 12.5. The van der Waals surface area contributed by atoms with E-state index in [0.717, 1.165) is 77.4 Å². The van der Waals surface area contributed by atoms with E-state index in [9.17, 15) is 14.0 Å². The van der Waals surface area contributed by atoms with Gasteiger partial charge in [-0.1, -0.05) is 19.3 Å². The smallest absolute Gasteiger partial charge is 0.237 e. The van der Waals surface area contributed by atoms with E-state index in [4.69, 9.17) is 11.5 Å². The number of nitrogens with two attached hydrogens (primary N) is 2. The van der Waals surface area contributed by atoms with Crippen LogP contribution >= 0.6 is 0 Å². The Bertz CT molecular complexity index is 808. The minimum Gasteiger partial charge on any atom is -0.350 e. The lowest BCUT2D eigenvalue weighted by Gasteiger charge is -2.46. The van der Waals surface area contributed by atoms with Crippen LogP contribution in [-0.2, 0) is 9.59 Å². The van der Waals surface area contributed by atoms with Gasteiger partial charge in [0, 0.05) is 44.3 Å². The van der Waals surface area contributed by atoms with Crippen LogP contribution in [0.1, 0.15) is 70.6 Å². The molecular weight excluding hydrogens is 473 g/mol. The van der Waals surface area contributed by atoms with E-state index in [2.05, 4.69) is 20.9 Å². The van der Waals surface area contributed by atoms with E-state index < -0.39 is 18.3 Å². The molecule has 5 rings (SSSR count). The summed E-state index contributed by atoms with van der Waals surface area (Å²) in [6, 6.07) is -0.00135. The average Bonchev–Trinajstić information content (AvgIpc) is 3.35. The van der Waals surface area contributed by atoms with Crippen LogP contribution in [0.5, 0.6) is 0 Å². The lowest BCUT2D eigenvalue weighted by atomic mass is 9.65. The third-order valence-corrected chi connectivity index (χ3v) is 10.0. The summed E-state index contributed by atoms with van der Waals surface area (Å²) in [5, 5.41) is 10.1. The Labute approximate surface area is 221 Å². The van der Waals surface area contributed by atoms with Gasteiger partial charge in [-0.3, -0.25) is 14.5 Å². The fourth-order valence-electron chi connectivity index (χ4n) is 8.03. The number of halogens is 1. The highest BCUT2D eigenvalue weighted by Crippen LogP contribution is 2.46. The summed E-state index contributed by atoms with van der Waals surface area (Å²) in [5.74, 6) is -0.588. The standard InChI is InChI=1S/C27H48FN7O2/c28-18-6-10-27(8-2-1-3-9-27)13-20(32-14-18)24(25(29)30)26(37)33-21-15-31-11-7-22(21)34-16-19-5-4-12-35(19)23(36)17-34/h18-22,24-25,31-32H,1-17,29-30H2,(H,33,37). The minimum absolute atomic E-state index is 0.0599. The highest BCUT2D eigenvalue weighted by molar-refractivity contribution is 5.81. The molecule has 7 N–H and O–H groups in total. The van der Waals surface area contributed by atoms with Crippen LogP contribution in [0.4, 0.5) is 4.39 Å². The summed E-state index contributed by atoms with van der Waals surface area (Å²) in [7, 11) is 0. The Morgan fingerprint density at radius 3 is 2.68 bits per heavy atom. The second kappa shape index (κ2) is 11.8. The normalized spacial score (nSPS) is 36.2. The SMILES string of the molecule is NC(N)C(C(=O)NC1CNCCC1N1CC(=O)N2CCCC2C1)C1CC2(CCCCC2)CCC(F)CN1. The first-order valence-corrected chi connectivity index (χ1v) is 14.8. The molecule has 2 amide bonds. The molecule has 1 aliphatic carbocycles. The van der Waals surface area contributed by atoms with Crippen LogP contribution in [0.25, 0.3) is 0 Å². The van der Waals surface area contributed by atoms with Gasteiger partial charge in [-0.2, -0.15) is 0 Å². The molecule has 0 aromatic rings. The molecule has 210 valence electrons. The molecule has 0 radical (unpaired) electrons. The van der Waals surface area contributed by atoms with Gasteiger partial charge in [0.2, 0.25) is 11.8 Å². The van der Waals surface area contributed by atoms with E-state index in [0.29, 0.717) is 19.5 Å². The van der Waals surface area contributed by atoms with Gasteiger partial charge in [-0.25, -0.2) is 4.39 Å². The number of carbonyl (C=O) groups is 2. The van der Waals surface area contributed by atoms with Crippen molar-refractivity contribution in [2.24, 2.45) is 22.8 Å². The molecule has 37 heavy (non-hydrogen) atoms. The van der Waals surface area contributed by atoms with Crippen molar-refractivity contribution in [3.63, 3.8) is 0 Å². The topological polar surface area (TPSA) is 129 Å². The second-order valence-corrected chi connectivity index (χ2v) is 12.5. The quantitative estimate of drug-likeness (QED) is 0.332. The van der Waals surface area contributed by atoms with Crippen molar-refractivity contribution < 1.29 is 14.0 Å². The molecule has 0 aromatic heterocycles. The maximum absolute atomic E-state index is 14.7. The van der Waals surface area contributed by atoms with Crippen LogP contribution in [0.3, 0.4) is 0 Å².